The Morgan fingerprint density at radius 2 is 1.80 bits per heavy atom. The number of rotatable bonds is 8. The molecule has 0 unspecified atom stereocenters. The van der Waals surface area contributed by atoms with E-state index >= 15 is 0 Å². The second kappa shape index (κ2) is 9.02. The van der Waals surface area contributed by atoms with Crippen molar-refractivity contribution in [1.29, 1.82) is 0 Å². The fraction of sp³-hybridized carbons (Fsp3) is 0.438. The molecule has 0 N–H and O–H groups in total. The molecule has 20 heavy (non-hydrogen) atoms. The third kappa shape index (κ3) is 4.96. The molecule has 0 saturated heterocycles. The molecule has 0 aliphatic rings. The van der Waals surface area contributed by atoms with Gasteiger partial charge in [0.15, 0.2) is 11.5 Å². The topological polar surface area (TPSA) is 44.8 Å². The van der Waals surface area contributed by atoms with Crippen molar-refractivity contribution in [2.45, 2.75) is 26.7 Å². The van der Waals surface area contributed by atoms with Crippen LogP contribution < -0.4 is 9.47 Å². The van der Waals surface area contributed by atoms with Crippen molar-refractivity contribution >= 4 is 5.97 Å². The normalized spacial score (nSPS) is 11.1. The molecule has 0 spiro atoms. The van der Waals surface area contributed by atoms with Gasteiger partial charge in [-0.2, -0.15) is 0 Å². The zero-order valence-corrected chi connectivity index (χ0v) is 12.3. The van der Waals surface area contributed by atoms with Crippen LogP contribution in [0.25, 0.3) is 0 Å². The zero-order valence-electron chi connectivity index (χ0n) is 12.3. The van der Waals surface area contributed by atoms with Gasteiger partial charge in [0.1, 0.15) is 6.61 Å². The highest BCUT2D eigenvalue weighted by atomic mass is 16.5. The van der Waals surface area contributed by atoms with E-state index in [2.05, 4.69) is 6.92 Å². The summed E-state index contributed by atoms with van der Waals surface area (Å²) in [5.41, 5.74) is 0.611. The lowest BCUT2D eigenvalue weighted by Gasteiger charge is -2.11. The van der Waals surface area contributed by atoms with Gasteiger partial charge >= 0.3 is 5.97 Å². The van der Waals surface area contributed by atoms with Crippen LogP contribution in [0.3, 0.4) is 0 Å². The first-order valence-corrected chi connectivity index (χ1v) is 6.84. The maximum atomic E-state index is 11.4. The zero-order chi connectivity index (χ0) is 14.8. The maximum absolute atomic E-state index is 11.4. The number of benzene rings is 1. The molecule has 4 nitrogen and oxygen atoms in total. The highest BCUT2D eigenvalue weighted by molar-refractivity contribution is 5.88. The SMILES string of the molecule is CCCOc1ccccc1OCC=C(CC)C(=O)OC. The Kier molecular flexibility index (Phi) is 7.25. The van der Waals surface area contributed by atoms with Crippen LogP contribution >= 0.6 is 0 Å². The largest absolute Gasteiger partial charge is 0.490 e. The van der Waals surface area contributed by atoms with Crippen LogP contribution in [-0.4, -0.2) is 26.3 Å². The van der Waals surface area contributed by atoms with E-state index in [1.165, 1.54) is 7.11 Å². The van der Waals surface area contributed by atoms with Crippen molar-refractivity contribution in [3.63, 3.8) is 0 Å². The smallest absolute Gasteiger partial charge is 0.333 e. The van der Waals surface area contributed by atoms with Gasteiger partial charge in [-0.05, 0) is 31.1 Å². The number of hydrogen-bond acceptors (Lipinski definition) is 4. The quantitative estimate of drug-likeness (QED) is 0.540. The highest BCUT2D eigenvalue weighted by Crippen LogP contribution is 2.26. The second-order valence-corrected chi connectivity index (χ2v) is 4.18. The van der Waals surface area contributed by atoms with Crippen LogP contribution in [0.4, 0.5) is 0 Å². The Balaban J connectivity index is 2.65. The van der Waals surface area contributed by atoms with Gasteiger partial charge in [-0.25, -0.2) is 4.79 Å². The molecule has 1 aromatic rings. The summed E-state index contributed by atoms with van der Waals surface area (Å²) in [4.78, 5) is 11.4. The first-order valence-electron chi connectivity index (χ1n) is 6.84. The highest BCUT2D eigenvalue weighted by Gasteiger charge is 2.07. The Morgan fingerprint density at radius 3 is 2.35 bits per heavy atom. The first kappa shape index (κ1) is 16.1. The van der Waals surface area contributed by atoms with Crippen molar-refractivity contribution < 1.29 is 19.0 Å². The Labute approximate surface area is 120 Å². The third-order valence-electron chi connectivity index (χ3n) is 2.71. The fourth-order valence-corrected chi connectivity index (χ4v) is 1.64. The van der Waals surface area contributed by atoms with E-state index in [0.29, 0.717) is 31.0 Å². The number of hydrogen-bond donors (Lipinski definition) is 0. The molecule has 0 aromatic heterocycles. The van der Waals surface area contributed by atoms with Gasteiger partial charge < -0.3 is 14.2 Å². The summed E-state index contributed by atoms with van der Waals surface area (Å²) in [6.07, 6.45) is 3.29. The van der Waals surface area contributed by atoms with Gasteiger partial charge in [0.05, 0.1) is 13.7 Å². The molecule has 0 fully saturated rings. The van der Waals surface area contributed by atoms with Crippen LogP contribution in [0.2, 0.25) is 0 Å². The van der Waals surface area contributed by atoms with Crippen molar-refractivity contribution in [1.82, 2.24) is 0 Å². The summed E-state index contributed by atoms with van der Waals surface area (Å²) in [5, 5.41) is 0. The lowest BCUT2D eigenvalue weighted by molar-refractivity contribution is -0.136. The van der Waals surface area contributed by atoms with E-state index in [1.807, 2.05) is 31.2 Å². The maximum Gasteiger partial charge on any atom is 0.333 e. The van der Waals surface area contributed by atoms with Crippen LogP contribution in [0.1, 0.15) is 26.7 Å². The summed E-state index contributed by atoms with van der Waals surface area (Å²) in [6.45, 7) is 4.92. The molecule has 0 radical (unpaired) electrons. The molecular weight excluding hydrogens is 256 g/mol. The van der Waals surface area contributed by atoms with Crippen LogP contribution in [-0.2, 0) is 9.53 Å². The standard InChI is InChI=1S/C16H22O4/c1-4-11-19-14-8-6-7-9-15(14)20-12-10-13(5-2)16(17)18-3/h6-10H,4-5,11-12H2,1-3H3. The van der Waals surface area contributed by atoms with Crippen molar-refractivity contribution in [3.05, 3.63) is 35.9 Å². The monoisotopic (exact) mass is 278 g/mol. The van der Waals surface area contributed by atoms with Gasteiger partial charge in [-0.3, -0.25) is 0 Å². The number of carbonyl (C=O) groups is 1. The molecule has 4 heteroatoms. The van der Waals surface area contributed by atoms with Crippen molar-refractivity contribution in [2.24, 2.45) is 0 Å². The summed E-state index contributed by atoms with van der Waals surface area (Å²) in [6, 6.07) is 7.51. The average Bonchev–Trinajstić information content (AvgIpc) is 2.49. The van der Waals surface area contributed by atoms with Crippen LogP contribution in [0.5, 0.6) is 11.5 Å². The van der Waals surface area contributed by atoms with Crippen molar-refractivity contribution in [2.75, 3.05) is 20.3 Å². The van der Waals surface area contributed by atoms with E-state index < -0.39 is 0 Å². The Morgan fingerprint density at radius 1 is 1.15 bits per heavy atom. The lowest BCUT2D eigenvalue weighted by Crippen LogP contribution is -2.06. The Hall–Kier alpha value is -1.97. The number of carbonyl (C=O) groups excluding carboxylic acids is 1. The van der Waals surface area contributed by atoms with Gasteiger partial charge in [0, 0.05) is 5.57 Å². The molecule has 1 rings (SSSR count). The molecule has 0 heterocycles. The molecule has 0 bridgehead atoms. The number of ether oxygens (including phenoxy) is 3. The van der Waals surface area contributed by atoms with Crippen molar-refractivity contribution in [3.8, 4) is 11.5 Å². The molecule has 0 saturated carbocycles. The van der Waals surface area contributed by atoms with Gasteiger partial charge in [-0.15, -0.1) is 0 Å². The van der Waals surface area contributed by atoms with E-state index in [0.717, 1.165) is 12.2 Å². The van der Waals surface area contributed by atoms with E-state index in [4.69, 9.17) is 14.2 Å². The van der Waals surface area contributed by atoms with E-state index in [-0.39, 0.29) is 5.97 Å². The molecule has 0 atom stereocenters. The Bertz CT molecular complexity index is 452. The van der Waals surface area contributed by atoms with Crippen LogP contribution in [0.15, 0.2) is 35.9 Å². The average molecular weight is 278 g/mol. The molecule has 110 valence electrons. The number of esters is 1. The minimum absolute atomic E-state index is 0.310. The fourth-order valence-electron chi connectivity index (χ4n) is 1.64. The summed E-state index contributed by atoms with van der Waals surface area (Å²) >= 11 is 0. The second-order valence-electron chi connectivity index (χ2n) is 4.18. The minimum Gasteiger partial charge on any atom is -0.490 e. The predicted molar refractivity (Wildman–Crippen MR) is 78.1 cm³/mol. The summed E-state index contributed by atoms with van der Waals surface area (Å²) in [7, 11) is 1.38. The molecule has 0 aliphatic heterocycles. The molecular formula is C16H22O4. The first-order chi connectivity index (χ1) is 9.72. The van der Waals surface area contributed by atoms with Gasteiger partial charge in [0.25, 0.3) is 0 Å². The van der Waals surface area contributed by atoms with Crippen LogP contribution in [0, 0.1) is 0 Å². The predicted octanol–water partition coefficient (Wildman–Crippen LogP) is 3.36. The lowest BCUT2D eigenvalue weighted by atomic mass is 10.2. The number of para-hydroxylation sites is 2. The minimum atomic E-state index is -0.313. The van der Waals surface area contributed by atoms with E-state index in [9.17, 15) is 4.79 Å². The van der Waals surface area contributed by atoms with Gasteiger partial charge in [0.2, 0.25) is 0 Å². The molecule has 1 aromatic carbocycles. The number of methoxy groups -OCH3 is 1. The van der Waals surface area contributed by atoms with Gasteiger partial charge in [-0.1, -0.05) is 26.0 Å². The molecule has 0 aliphatic carbocycles. The summed E-state index contributed by atoms with van der Waals surface area (Å²) in [5.74, 6) is 1.09. The molecule has 0 amide bonds. The third-order valence-corrected chi connectivity index (χ3v) is 2.71. The van der Waals surface area contributed by atoms with E-state index in [1.54, 1.807) is 6.08 Å². The summed E-state index contributed by atoms with van der Waals surface area (Å²) < 4.78 is 15.9.